The van der Waals surface area contributed by atoms with Gasteiger partial charge in [-0.05, 0) is 12.8 Å². The fourth-order valence-electron chi connectivity index (χ4n) is 2.15. The maximum Gasteiger partial charge on any atom is 0.321 e. The number of aliphatic carboxylic acids is 1. The zero-order valence-corrected chi connectivity index (χ0v) is 12.9. The lowest BCUT2D eigenvalue weighted by atomic mass is 10.2. The molecule has 2 fully saturated rings. The number of amides is 2. The Balaban J connectivity index is 1.80. The Morgan fingerprint density at radius 3 is 2.71 bits per heavy atom. The fourth-order valence-corrected chi connectivity index (χ4v) is 3.26. The first-order chi connectivity index (χ1) is 9.97. The highest BCUT2D eigenvalue weighted by atomic mass is 32.2. The lowest BCUT2D eigenvalue weighted by molar-refractivity contribution is -0.144. The van der Waals surface area contributed by atoms with Crippen molar-refractivity contribution in [2.24, 2.45) is 0 Å². The SMILES string of the molecule is CN(CC(=O)NC1CC1)C(=O)CN1CCSCC1C(=O)O. The van der Waals surface area contributed by atoms with E-state index in [1.807, 2.05) is 0 Å². The average Bonchev–Trinajstić information content (AvgIpc) is 3.22. The minimum Gasteiger partial charge on any atom is -0.480 e. The number of hydrogen-bond acceptors (Lipinski definition) is 5. The van der Waals surface area contributed by atoms with E-state index in [1.165, 1.54) is 4.90 Å². The molecule has 1 aliphatic carbocycles. The van der Waals surface area contributed by atoms with Crippen LogP contribution >= 0.6 is 11.8 Å². The summed E-state index contributed by atoms with van der Waals surface area (Å²) in [6.07, 6.45) is 2.02. The van der Waals surface area contributed by atoms with E-state index >= 15 is 0 Å². The van der Waals surface area contributed by atoms with Gasteiger partial charge < -0.3 is 15.3 Å². The third-order valence-corrected chi connectivity index (χ3v) is 4.63. The van der Waals surface area contributed by atoms with Gasteiger partial charge in [0.15, 0.2) is 0 Å². The van der Waals surface area contributed by atoms with Gasteiger partial charge in [0.25, 0.3) is 0 Å². The fraction of sp³-hybridized carbons (Fsp3) is 0.769. The molecule has 2 amide bonds. The number of hydrogen-bond donors (Lipinski definition) is 2. The zero-order chi connectivity index (χ0) is 15.4. The summed E-state index contributed by atoms with van der Waals surface area (Å²) in [7, 11) is 1.57. The molecule has 1 atom stereocenters. The summed E-state index contributed by atoms with van der Waals surface area (Å²) in [6, 6.07) is -0.349. The molecule has 21 heavy (non-hydrogen) atoms. The molecule has 1 aliphatic heterocycles. The summed E-state index contributed by atoms with van der Waals surface area (Å²) in [4.78, 5) is 38.0. The normalized spacial score (nSPS) is 22.6. The van der Waals surface area contributed by atoms with E-state index in [-0.39, 0.29) is 30.9 Å². The van der Waals surface area contributed by atoms with Crippen molar-refractivity contribution in [3.8, 4) is 0 Å². The summed E-state index contributed by atoms with van der Waals surface area (Å²) >= 11 is 1.58. The van der Waals surface area contributed by atoms with E-state index in [0.717, 1.165) is 18.6 Å². The smallest absolute Gasteiger partial charge is 0.321 e. The maximum absolute atomic E-state index is 12.1. The molecule has 0 aromatic rings. The summed E-state index contributed by atoms with van der Waals surface area (Å²) in [5.41, 5.74) is 0. The van der Waals surface area contributed by atoms with Crippen molar-refractivity contribution in [2.75, 3.05) is 38.2 Å². The molecule has 2 N–H and O–H groups in total. The van der Waals surface area contributed by atoms with E-state index in [0.29, 0.717) is 12.3 Å². The van der Waals surface area contributed by atoms with Crippen LogP contribution < -0.4 is 5.32 Å². The van der Waals surface area contributed by atoms with Crippen molar-refractivity contribution < 1.29 is 19.5 Å². The number of nitrogens with one attached hydrogen (secondary N) is 1. The van der Waals surface area contributed by atoms with Crippen LogP contribution in [0.5, 0.6) is 0 Å². The number of thioether (sulfide) groups is 1. The van der Waals surface area contributed by atoms with Crippen LogP contribution in [0.3, 0.4) is 0 Å². The molecule has 2 rings (SSSR count). The van der Waals surface area contributed by atoms with Crippen LogP contribution in [-0.2, 0) is 14.4 Å². The first kappa shape index (κ1) is 16.1. The molecule has 0 bridgehead atoms. The molecule has 0 aromatic heterocycles. The summed E-state index contributed by atoms with van der Waals surface area (Å²) in [6.45, 7) is 0.649. The van der Waals surface area contributed by atoms with E-state index in [9.17, 15) is 14.4 Å². The minimum absolute atomic E-state index is 0.0235. The third kappa shape index (κ3) is 4.89. The highest BCUT2D eigenvalue weighted by molar-refractivity contribution is 7.99. The van der Waals surface area contributed by atoms with E-state index in [1.54, 1.807) is 23.7 Å². The lowest BCUT2D eigenvalue weighted by Crippen LogP contribution is -2.52. The van der Waals surface area contributed by atoms with Crippen molar-refractivity contribution >= 4 is 29.5 Å². The van der Waals surface area contributed by atoms with Crippen LogP contribution in [-0.4, -0.2) is 83.0 Å². The summed E-state index contributed by atoms with van der Waals surface area (Å²) in [5.74, 6) is 0.0396. The van der Waals surface area contributed by atoms with Gasteiger partial charge in [-0.3, -0.25) is 19.3 Å². The second-order valence-electron chi connectivity index (χ2n) is 5.49. The molecule has 0 radical (unpaired) electrons. The van der Waals surface area contributed by atoms with Crippen molar-refractivity contribution in [1.82, 2.24) is 15.1 Å². The van der Waals surface area contributed by atoms with Gasteiger partial charge >= 0.3 is 5.97 Å². The average molecular weight is 315 g/mol. The van der Waals surface area contributed by atoms with Gasteiger partial charge in [-0.25, -0.2) is 0 Å². The summed E-state index contributed by atoms with van der Waals surface area (Å²) in [5, 5.41) is 12.0. The Kier molecular flexibility index (Phi) is 5.46. The predicted molar refractivity (Wildman–Crippen MR) is 79.1 cm³/mol. The van der Waals surface area contributed by atoms with Gasteiger partial charge in [0, 0.05) is 31.1 Å². The van der Waals surface area contributed by atoms with Crippen LogP contribution in [0, 0.1) is 0 Å². The zero-order valence-electron chi connectivity index (χ0n) is 12.1. The van der Waals surface area contributed by atoms with Gasteiger partial charge in [0.05, 0.1) is 13.1 Å². The van der Waals surface area contributed by atoms with Crippen LogP contribution in [0.2, 0.25) is 0 Å². The molecule has 1 saturated carbocycles. The van der Waals surface area contributed by atoms with Crippen LogP contribution in [0.15, 0.2) is 0 Å². The van der Waals surface area contributed by atoms with Gasteiger partial charge in [0.1, 0.15) is 6.04 Å². The van der Waals surface area contributed by atoms with E-state index in [4.69, 9.17) is 5.11 Å². The van der Waals surface area contributed by atoms with E-state index in [2.05, 4.69) is 5.32 Å². The van der Waals surface area contributed by atoms with Crippen LogP contribution in [0.1, 0.15) is 12.8 Å². The van der Waals surface area contributed by atoms with Crippen LogP contribution in [0.4, 0.5) is 0 Å². The van der Waals surface area contributed by atoms with E-state index < -0.39 is 12.0 Å². The number of carboxylic acid groups (broad SMARTS) is 1. The Bertz CT molecular complexity index is 428. The molecule has 1 heterocycles. The highest BCUT2D eigenvalue weighted by Crippen LogP contribution is 2.18. The second kappa shape index (κ2) is 7.13. The summed E-state index contributed by atoms with van der Waals surface area (Å²) < 4.78 is 0. The number of rotatable bonds is 6. The van der Waals surface area contributed by atoms with Gasteiger partial charge in [-0.2, -0.15) is 11.8 Å². The minimum atomic E-state index is -0.899. The predicted octanol–water partition coefficient (Wildman–Crippen LogP) is -0.775. The van der Waals surface area contributed by atoms with Crippen molar-refractivity contribution in [3.05, 3.63) is 0 Å². The van der Waals surface area contributed by atoms with Crippen molar-refractivity contribution in [2.45, 2.75) is 24.9 Å². The quantitative estimate of drug-likeness (QED) is 0.669. The van der Waals surface area contributed by atoms with Gasteiger partial charge in [-0.1, -0.05) is 0 Å². The third-order valence-electron chi connectivity index (χ3n) is 3.61. The number of carbonyl (C=O) groups is 3. The van der Waals surface area contributed by atoms with Crippen LogP contribution in [0.25, 0.3) is 0 Å². The molecule has 8 heteroatoms. The molecule has 7 nitrogen and oxygen atoms in total. The number of carboxylic acids is 1. The first-order valence-corrected chi connectivity index (χ1v) is 8.20. The molecule has 2 aliphatic rings. The molecule has 0 spiro atoms. The Morgan fingerprint density at radius 1 is 1.38 bits per heavy atom. The molecular weight excluding hydrogens is 294 g/mol. The van der Waals surface area contributed by atoms with Gasteiger partial charge in [0.2, 0.25) is 11.8 Å². The Hall–Kier alpha value is -1.28. The standard InChI is InChI=1S/C13H21N3O4S/c1-15(6-11(17)14-9-2-3-9)12(18)7-16-4-5-21-8-10(16)13(19)20/h9-10H,2-8H2,1H3,(H,14,17)(H,19,20). The molecular formula is C13H21N3O4S. The van der Waals surface area contributed by atoms with Crippen molar-refractivity contribution in [1.29, 1.82) is 0 Å². The largest absolute Gasteiger partial charge is 0.480 e. The monoisotopic (exact) mass is 315 g/mol. The Morgan fingerprint density at radius 2 is 2.10 bits per heavy atom. The number of likely N-dealkylation sites (N-methyl/N-ethyl adjacent to an activating group) is 1. The van der Waals surface area contributed by atoms with Crippen molar-refractivity contribution in [3.63, 3.8) is 0 Å². The number of carbonyl (C=O) groups excluding carboxylic acids is 2. The molecule has 1 unspecified atom stereocenters. The first-order valence-electron chi connectivity index (χ1n) is 7.05. The highest BCUT2D eigenvalue weighted by Gasteiger charge is 2.31. The molecule has 0 aromatic carbocycles. The maximum atomic E-state index is 12.1. The second-order valence-corrected chi connectivity index (χ2v) is 6.64. The topological polar surface area (TPSA) is 90.0 Å². The molecule has 1 saturated heterocycles. The lowest BCUT2D eigenvalue weighted by Gasteiger charge is -2.32. The number of nitrogens with zero attached hydrogens (tertiary/aromatic N) is 2. The molecule has 118 valence electrons. The van der Waals surface area contributed by atoms with Gasteiger partial charge in [-0.15, -0.1) is 0 Å². The Labute approximate surface area is 128 Å².